The standard InChI is InChI=1S/C26H29ClN4O/c1-19(2)31(18-20-11-5-3-6-12-20)25(32)22-17-28-26(30-15-9-4-10-16-30)29-24(22)21-13-7-8-14-23(21)27/h3,5-8,11-14,17,19H,4,9-10,15-16,18H2,1-2H3. The normalized spacial score (nSPS) is 13.9. The number of nitrogens with zero attached hydrogens (tertiary/aromatic N) is 4. The maximum atomic E-state index is 13.8. The van der Waals surface area contributed by atoms with Crippen LogP contribution in [0, 0.1) is 0 Å². The third kappa shape index (κ3) is 4.94. The zero-order valence-corrected chi connectivity index (χ0v) is 19.4. The third-order valence-electron chi connectivity index (χ3n) is 5.85. The summed E-state index contributed by atoms with van der Waals surface area (Å²) in [4.78, 5) is 27.3. The molecule has 1 amide bonds. The number of halogens is 1. The summed E-state index contributed by atoms with van der Waals surface area (Å²) in [5, 5.41) is 0.573. The van der Waals surface area contributed by atoms with Gasteiger partial charge in [-0.05, 0) is 44.7 Å². The Morgan fingerprint density at radius 2 is 1.72 bits per heavy atom. The molecule has 1 fully saturated rings. The molecule has 1 saturated heterocycles. The first-order chi connectivity index (χ1) is 15.5. The second kappa shape index (κ2) is 10.1. The van der Waals surface area contributed by atoms with Gasteiger partial charge in [0.1, 0.15) is 0 Å². The lowest BCUT2D eigenvalue weighted by molar-refractivity contribution is 0.0690. The van der Waals surface area contributed by atoms with Gasteiger partial charge in [0.15, 0.2) is 0 Å². The third-order valence-corrected chi connectivity index (χ3v) is 6.18. The highest BCUT2D eigenvalue weighted by Crippen LogP contribution is 2.31. The molecule has 0 spiro atoms. The van der Waals surface area contributed by atoms with Crippen LogP contribution in [0.15, 0.2) is 60.8 Å². The molecule has 0 unspecified atom stereocenters. The van der Waals surface area contributed by atoms with Crippen molar-refractivity contribution in [2.75, 3.05) is 18.0 Å². The van der Waals surface area contributed by atoms with Gasteiger partial charge < -0.3 is 9.80 Å². The van der Waals surface area contributed by atoms with Crippen LogP contribution < -0.4 is 4.90 Å². The van der Waals surface area contributed by atoms with Gasteiger partial charge in [-0.15, -0.1) is 0 Å². The lowest BCUT2D eigenvalue weighted by Crippen LogP contribution is -2.37. The van der Waals surface area contributed by atoms with Gasteiger partial charge in [-0.3, -0.25) is 4.79 Å². The first kappa shape index (κ1) is 22.3. The maximum Gasteiger partial charge on any atom is 0.258 e. The van der Waals surface area contributed by atoms with E-state index in [9.17, 15) is 4.79 Å². The fraction of sp³-hybridized carbons (Fsp3) is 0.346. The van der Waals surface area contributed by atoms with Gasteiger partial charge in [0.05, 0.1) is 11.3 Å². The number of anilines is 1. The van der Waals surface area contributed by atoms with E-state index in [2.05, 4.69) is 9.88 Å². The predicted octanol–water partition coefficient (Wildman–Crippen LogP) is 5.84. The Labute approximate surface area is 195 Å². The Morgan fingerprint density at radius 3 is 2.41 bits per heavy atom. The van der Waals surface area contributed by atoms with E-state index in [1.807, 2.05) is 73.3 Å². The minimum Gasteiger partial charge on any atom is -0.341 e. The van der Waals surface area contributed by atoms with E-state index in [4.69, 9.17) is 16.6 Å². The van der Waals surface area contributed by atoms with Crippen molar-refractivity contribution in [2.45, 2.75) is 45.7 Å². The highest BCUT2D eigenvalue weighted by molar-refractivity contribution is 6.33. The van der Waals surface area contributed by atoms with E-state index in [0.29, 0.717) is 28.8 Å². The van der Waals surface area contributed by atoms with Gasteiger partial charge in [0.2, 0.25) is 5.95 Å². The second-order valence-corrected chi connectivity index (χ2v) is 8.88. The number of benzene rings is 2. The van der Waals surface area contributed by atoms with Crippen molar-refractivity contribution in [3.63, 3.8) is 0 Å². The molecule has 4 rings (SSSR count). The number of piperidine rings is 1. The van der Waals surface area contributed by atoms with E-state index >= 15 is 0 Å². The molecular formula is C26H29ClN4O. The average Bonchev–Trinajstić information content (AvgIpc) is 2.83. The molecule has 0 N–H and O–H groups in total. The molecule has 0 radical (unpaired) electrons. The lowest BCUT2D eigenvalue weighted by atomic mass is 10.0. The molecule has 0 atom stereocenters. The van der Waals surface area contributed by atoms with Crippen LogP contribution in [0.25, 0.3) is 11.3 Å². The Hall–Kier alpha value is -2.92. The molecule has 3 aromatic rings. The Morgan fingerprint density at radius 1 is 1.03 bits per heavy atom. The first-order valence-electron chi connectivity index (χ1n) is 11.3. The minimum atomic E-state index is -0.0935. The van der Waals surface area contributed by atoms with Gasteiger partial charge in [0.25, 0.3) is 5.91 Å². The zero-order chi connectivity index (χ0) is 22.5. The number of aromatic nitrogens is 2. The van der Waals surface area contributed by atoms with E-state index in [-0.39, 0.29) is 11.9 Å². The molecule has 2 heterocycles. The second-order valence-electron chi connectivity index (χ2n) is 8.47. The van der Waals surface area contributed by atoms with Crippen LogP contribution >= 0.6 is 11.6 Å². The molecule has 1 aromatic heterocycles. The van der Waals surface area contributed by atoms with Crippen molar-refractivity contribution in [3.05, 3.63) is 76.9 Å². The predicted molar refractivity (Wildman–Crippen MR) is 130 cm³/mol. The van der Waals surface area contributed by atoms with Gasteiger partial charge in [-0.25, -0.2) is 9.97 Å². The molecule has 1 aliphatic heterocycles. The minimum absolute atomic E-state index is 0.0172. The average molecular weight is 449 g/mol. The monoisotopic (exact) mass is 448 g/mol. The molecule has 5 nitrogen and oxygen atoms in total. The van der Waals surface area contributed by atoms with Crippen LogP contribution in [-0.2, 0) is 6.54 Å². The van der Waals surface area contributed by atoms with Crippen molar-refractivity contribution in [1.29, 1.82) is 0 Å². The van der Waals surface area contributed by atoms with Gasteiger partial charge in [-0.1, -0.05) is 60.1 Å². The summed E-state index contributed by atoms with van der Waals surface area (Å²) in [6.07, 6.45) is 5.17. The summed E-state index contributed by atoms with van der Waals surface area (Å²) in [5.41, 5.74) is 2.90. The van der Waals surface area contributed by atoms with E-state index in [1.165, 1.54) is 6.42 Å². The fourth-order valence-electron chi connectivity index (χ4n) is 4.06. The highest BCUT2D eigenvalue weighted by atomic mass is 35.5. The summed E-state index contributed by atoms with van der Waals surface area (Å²) in [6.45, 7) is 6.44. The Kier molecular flexibility index (Phi) is 7.05. The van der Waals surface area contributed by atoms with Gasteiger partial charge in [-0.2, -0.15) is 0 Å². The molecule has 166 valence electrons. The van der Waals surface area contributed by atoms with E-state index < -0.39 is 0 Å². The van der Waals surface area contributed by atoms with Gasteiger partial charge >= 0.3 is 0 Å². The number of carbonyl (C=O) groups excluding carboxylic acids is 1. The molecule has 1 aliphatic rings. The zero-order valence-electron chi connectivity index (χ0n) is 18.7. The summed E-state index contributed by atoms with van der Waals surface area (Å²) in [5.74, 6) is 0.569. The van der Waals surface area contributed by atoms with Crippen LogP contribution in [0.4, 0.5) is 5.95 Å². The highest BCUT2D eigenvalue weighted by Gasteiger charge is 2.26. The van der Waals surface area contributed by atoms with Crippen LogP contribution in [0.1, 0.15) is 49.0 Å². The van der Waals surface area contributed by atoms with Crippen LogP contribution in [0.3, 0.4) is 0 Å². The number of hydrogen-bond acceptors (Lipinski definition) is 4. The Balaban J connectivity index is 1.75. The Bertz CT molecular complexity index is 1060. The molecule has 0 bridgehead atoms. The van der Waals surface area contributed by atoms with Crippen molar-refractivity contribution in [1.82, 2.24) is 14.9 Å². The summed E-state index contributed by atoms with van der Waals surface area (Å²) in [7, 11) is 0. The van der Waals surface area contributed by atoms with E-state index in [0.717, 1.165) is 37.1 Å². The topological polar surface area (TPSA) is 49.3 Å². The van der Waals surface area contributed by atoms with Crippen molar-refractivity contribution < 1.29 is 4.79 Å². The van der Waals surface area contributed by atoms with Crippen molar-refractivity contribution in [3.8, 4) is 11.3 Å². The molecule has 6 heteroatoms. The first-order valence-corrected chi connectivity index (χ1v) is 11.6. The summed E-state index contributed by atoms with van der Waals surface area (Å²) < 4.78 is 0. The smallest absolute Gasteiger partial charge is 0.258 e. The van der Waals surface area contributed by atoms with Gasteiger partial charge in [0, 0.05) is 42.5 Å². The molecule has 0 saturated carbocycles. The summed E-state index contributed by atoms with van der Waals surface area (Å²) in [6, 6.07) is 17.6. The van der Waals surface area contributed by atoms with Crippen LogP contribution in [-0.4, -0.2) is 39.9 Å². The molecule has 2 aromatic carbocycles. The molecular weight excluding hydrogens is 420 g/mol. The number of rotatable bonds is 6. The van der Waals surface area contributed by atoms with E-state index in [1.54, 1.807) is 6.20 Å². The van der Waals surface area contributed by atoms with Crippen LogP contribution in [0.2, 0.25) is 5.02 Å². The maximum absolute atomic E-state index is 13.8. The lowest BCUT2D eigenvalue weighted by Gasteiger charge is -2.29. The van der Waals surface area contributed by atoms with Crippen molar-refractivity contribution in [2.24, 2.45) is 0 Å². The van der Waals surface area contributed by atoms with Crippen molar-refractivity contribution >= 4 is 23.5 Å². The largest absolute Gasteiger partial charge is 0.341 e. The number of hydrogen-bond donors (Lipinski definition) is 0. The quantitative estimate of drug-likeness (QED) is 0.475. The molecule has 32 heavy (non-hydrogen) atoms. The van der Waals surface area contributed by atoms with Crippen LogP contribution in [0.5, 0.6) is 0 Å². The molecule has 0 aliphatic carbocycles. The summed E-state index contributed by atoms with van der Waals surface area (Å²) >= 11 is 6.55. The fourth-order valence-corrected chi connectivity index (χ4v) is 4.28. The number of carbonyl (C=O) groups is 1. The number of amides is 1. The SMILES string of the molecule is CC(C)N(Cc1ccccc1)C(=O)c1cnc(N2CCCCC2)nc1-c1ccccc1Cl.